The second kappa shape index (κ2) is 4.86. The summed E-state index contributed by atoms with van der Waals surface area (Å²) in [6.07, 6.45) is 2.84. The minimum atomic E-state index is -3.74. The molecule has 1 aromatic carbocycles. The molecule has 19 heavy (non-hydrogen) atoms. The number of hydrogen-bond donors (Lipinski definition) is 2. The van der Waals surface area contributed by atoms with Crippen LogP contribution in [-0.4, -0.2) is 18.0 Å². The number of rotatable bonds is 3. The molecule has 0 bridgehead atoms. The van der Waals surface area contributed by atoms with Crippen LogP contribution in [0.15, 0.2) is 34.2 Å². The van der Waals surface area contributed by atoms with Crippen LogP contribution in [-0.2, 0) is 17.1 Å². The molecule has 1 aromatic heterocycles. The summed E-state index contributed by atoms with van der Waals surface area (Å²) in [6.45, 7) is 1.87. The summed E-state index contributed by atoms with van der Waals surface area (Å²) in [4.78, 5) is 3.82. The quantitative estimate of drug-likeness (QED) is 0.831. The second-order valence-electron chi connectivity index (χ2n) is 4.19. The molecule has 0 radical (unpaired) electrons. The largest absolute Gasteiger partial charge is 0.397 e. The van der Waals surface area contributed by atoms with Crippen LogP contribution in [0.1, 0.15) is 5.56 Å². The SMILES string of the molecule is Cc1cc(N)c(NS(=O)(=O)c2cn(C)cn2)c(Br)c1. The summed E-state index contributed by atoms with van der Waals surface area (Å²) in [6, 6.07) is 3.48. The first kappa shape index (κ1) is 13.9. The lowest BCUT2D eigenvalue weighted by atomic mass is 10.2. The summed E-state index contributed by atoms with van der Waals surface area (Å²) < 4.78 is 28.9. The molecule has 2 rings (SSSR count). The van der Waals surface area contributed by atoms with Gasteiger partial charge in [0.2, 0.25) is 0 Å². The first-order valence-electron chi connectivity index (χ1n) is 5.36. The summed E-state index contributed by atoms with van der Waals surface area (Å²) in [7, 11) is -2.05. The van der Waals surface area contributed by atoms with Gasteiger partial charge in [0, 0.05) is 17.7 Å². The maximum atomic E-state index is 12.1. The van der Waals surface area contributed by atoms with Crippen LogP contribution in [0.2, 0.25) is 0 Å². The van der Waals surface area contributed by atoms with E-state index < -0.39 is 10.0 Å². The van der Waals surface area contributed by atoms with Crippen molar-refractivity contribution < 1.29 is 8.42 Å². The number of aromatic nitrogens is 2. The molecule has 0 spiro atoms. The molecule has 0 amide bonds. The maximum Gasteiger partial charge on any atom is 0.281 e. The number of anilines is 2. The first-order valence-corrected chi connectivity index (χ1v) is 7.63. The maximum absolute atomic E-state index is 12.1. The van der Waals surface area contributed by atoms with E-state index >= 15 is 0 Å². The first-order chi connectivity index (χ1) is 8.79. The Hall–Kier alpha value is -1.54. The van der Waals surface area contributed by atoms with E-state index in [9.17, 15) is 8.42 Å². The Labute approximate surface area is 119 Å². The van der Waals surface area contributed by atoms with Crippen LogP contribution in [0.4, 0.5) is 11.4 Å². The minimum absolute atomic E-state index is 0.0538. The number of nitrogen functional groups attached to an aromatic ring is 1. The normalized spacial score (nSPS) is 11.5. The molecule has 102 valence electrons. The number of nitrogens with zero attached hydrogens (tertiary/aromatic N) is 2. The smallest absolute Gasteiger partial charge is 0.281 e. The predicted molar refractivity (Wildman–Crippen MR) is 77.3 cm³/mol. The van der Waals surface area contributed by atoms with Gasteiger partial charge in [-0.25, -0.2) is 4.98 Å². The van der Waals surface area contributed by atoms with Gasteiger partial charge in [0.15, 0.2) is 5.03 Å². The Morgan fingerprint density at radius 2 is 2.11 bits per heavy atom. The van der Waals surface area contributed by atoms with E-state index in [4.69, 9.17) is 5.73 Å². The Morgan fingerprint density at radius 3 is 2.63 bits per heavy atom. The molecule has 0 saturated carbocycles. The number of sulfonamides is 1. The van der Waals surface area contributed by atoms with Crippen molar-refractivity contribution in [2.24, 2.45) is 7.05 Å². The molecular weight excluding hydrogens is 332 g/mol. The van der Waals surface area contributed by atoms with E-state index in [0.717, 1.165) is 5.56 Å². The van der Waals surface area contributed by atoms with Gasteiger partial charge in [0.1, 0.15) is 0 Å². The molecule has 0 aliphatic carbocycles. The molecule has 0 aliphatic heterocycles. The van der Waals surface area contributed by atoms with Crippen LogP contribution in [0.5, 0.6) is 0 Å². The van der Waals surface area contributed by atoms with Crippen molar-refractivity contribution in [2.75, 3.05) is 10.5 Å². The Kier molecular flexibility index (Phi) is 3.55. The standard InChI is InChI=1S/C11H13BrN4O2S/c1-7-3-8(12)11(9(13)4-7)15-19(17,18)10-5-16(2)6-14-10/h3-6,15H,13H2,1-2H3. The Morgan fingerprint density at radius 1 is 1.42 bits per heavy atom. The molecule has 3 N–H and O–H groups in total. The van der Waals surface area contributed by atoms with Crippen molar-refractivity contribution in [1.82, 2.24) is 9.55 Å². The van der Waals surface area contributed by atoms with Crippen molar-refractivity contribution in [3.05, 3.63) is 34.7 Å². The van der Waals surface area contributed by atoms with Gasteiger partial charge in [0.25, 0.3) is 10.0 Å². The van der Waals surface area contributed by atoms with Gasteiger partial charge >= 0.3 is 0 Å². The fourth-order valence-electron chi connectivity index (χ4n) is 1.59. The number of benzene rings is 1. The van der Waals surface area contributed by atoms with Gasteiger partial charge in [-0.05, 0) is 40.5 Å². The van der Waals surface area contributed by atoms with Crippen molar-refractivity contribution in [3.63, 3.8) is 0 Å². The molecule has 1 heterocycles. The summed E-state index contributed by atoms with van der Waals surface area (Å²) >= 11 is 3.30. The van der Waals surface area contributed by atoms with Gasteiger partial charge in [-0.15, -0.1) is 0 Å². The third-order valence-corrected chi connectivity index (χ3v) is 4.32. The van der Waals surface area contributed by atoms with Crippen molar-refractivity contribution >= 4 is 37.3 Å². The molecule has 6 nitrogen and oxygen atoms in total. The lowest BCUT2D eigenvalue weighted by Crippen LogP contribution is -2.15. The average Bonchev–Trinajstić information content (AvgIpc) is 2.71. The number of nitrogens with one attached hydrogen (secondary N) is 1. The van der Waals surface area contributed by atoms with Crippen LogP contribution < -0.4 is 10.5 Å². The zero-order chi connectivity index (χ0) is 14.2. The molecule has 8 heteroatoms. The van der Waals surface area contributed by atoms with E-state index in [1.165, 1.54) is 12.5 Å². The molecule has 0 unspecified atom stereocenters. The van der Waals surface area contributed by atoms with Crippen LogP contribution in [0.25, 0.3) is 0 Å². The lowest BCUT2D eigenvalue weighted by molar-refractivity contribution is 0.598. The number of nitrogens with two attached hydrogens (primary N) is 1. The van der Waals surface area contributed by atoms with Gasteiger partial charge in [0.05, 0.1) is 17.7 Å². The molecule has 0 aliphatic rings. The average molecular weight is 345 g/mol. The van der Waals surface area contributed by atoms with Crippen molar-refractivity contribution in [1.29, 1.82) is 0 Å². The number of imidazole rings is 1. The predicted octanol–water partition coefficient (Wildman–Crippen LogP) is 1.87. The zero-order valence-corrected chi connectivity index (χ0v) is 12.8. The van der Waals surface area contributed by atoms with E-state index in [1.807, 2.05) is 6.92 Å². The number of aryl methyl sites for hydroxylation is 2. The molecule has 0 fully saturated rings. The highest BCUT2D eigenvalue weighted by Gasteiger charge is 2.19. The van der Waals surface area contributed by atoms with E-state index in [1.54, 1.807) is 23.7 Å². The van der Waals surface area contributed by atoms with Gasteiger partial charge in [-0.3, -0.25) is 4.72 Å². The highest BCUT2D eigenvalue weighted by atomic mass is 79.9. The minimum Gasteiger partial charge on any atom is -0.397 e. The topological polar surface area (TPSA) is 90.0 Å². The molecule has 2 aromatic rings. The lowest BCUT2D eigenvalue weighted by Gasteiger charge is -2.11. The highest BCUT2D eigenvalue weighted by molar-refractivity contribution is 9.10. The van der Waals surface area contributed by atoms with Crippen LogP contribution >= 0.6 is 15.9 Å². The highest BCUT2D eigenvalue weighted by Crippen LogP contribution is 2.31. The molecular formula is C11H13BrN4O2S. The van der Waals surface area contributed by atoms with Gasteiger partial charge in [-0.1, -0.05) is 0 Å². The van der Waals surface area contributed by atoms with E-state index in [0.29, 0.717) is 15.8 Å². The third kappa shape index (κ3) is 2.90. The van der Waals surface area contributed by atoms with E-state index in [-0.39, 0.29) is 5.03 Å². The summed E-state index contributed by atoms with van der Waals surface area (Å²) in [5.41, 5.74) is 7.43. The fourth-order valence-corrected chi connectivity index (χ4v) is 3.50. The Bertz CT molecular complexity index is 701. The third-order valence-electron chi connectivity index (χ3n) is 2.46. The number of hydrogen-bond acceptors (Lipinski definition) is 4. The Balaban J connectivity index is 2.41. The summed E-state index contributed by atoms with van der Waals surface area (Å²) in [5.74, 6) is 0. The van der Waals surface area contributed by atoms with Gasteiger partial charge in [-0.2, -0.15) is 8.42 Å². The zero-order valence-electron chi connectivity index (χ0n) is 10.4. The fraction of sp³-hybridized carbons (Fsp3) is 0.182. The second-order valence-corrected chi connectivity index (χ2v) is 6.68. The van der Waals surface area contributed by atoms with Gasteiger partial charge < -0.3 is 10.3 Å². The monoisotopic (exact) mass is 344 g/mol. The number of halogens is 1. The summed E-state index contributed by atoms with van der Waals surface area (Å²) in [5, 5.41) is -0.0538. The van der Waals surface area contributed by atoms with Crippen LogP contribution in [0.3, 0.4) is 0 Å². The van der Waals surface area contributed by atoms with Crippen molar-refractivity contribution in [3.8, 4) is 0 Å². The van der Waals surface area contributed by atoms with Crippen LogP contribution in [0, 0.1) is 6.92 Å². The molecule has 0 atom stereocenters. The van der Waals surface area contributed by atoms with Crippen molar-refractivity contribution in [2.45, 2.75) is 11.9 Å². The van der Waals surface area contributed by atoms with E-state index in [2.05, 4.69) is 25.6 Å². The molecule has 0 saturated heterocycles.